The Labute approximate surface area is 87.5 Å². The van der Waals surface area contributed by atoms with Crippen LogP contribution in [0.25, 0.3) is 10.9 Å². The maximum Gasteiger partial charge on any atom is 0.0688 e. The lowest BCUT2D eigenvalue weighted by atomic mass is 10.2. The van der Waals surface area contributed by atoms with Crippen LogP contribution in [0.4, 0.5) is 0 Å². The Bertz CT molecular complexity index is 432. The molecule has 0 amide bonds. The van der Waals surface area contributed by atoms with Crippen LogP contribution in [0.3, 0.4) is 0 Å². The lowest BCUT2D eigenvalue weighted by Crippen LogP contribution is -1.92. The van der Waals surface area contributed by atoms with Crippen LogP contribution < -0.4 is 5.30 Å². The van der Waals surface area contributed by atoms with E-state index >= 15 is 0 Å². The molecule has 2 nitrogen and oxygen atoms in total. The van der Waals surface area contributed by atoms with E-state index in [0.29, 0.717) is 0 Å². The van der Waals surface area contributed by atoms with Crippen molar-refractivity contribution in [2.24, 2.45) is 7.05 Å². The van der Waals surface area contributed by atoms with Crippen molar-refractivity contribution in [1.29, 1.82) is 0 Å². The van der Waals surface area contributed by atoms with Crippen molar-refractivity contribution in [2.75, 3.05) is 0 Å². The molecule has 2 rings (SSSR count). The van der Waals surface area contributed by atoms with Crippen LogP contribution >= 0.6 is 9.24 Å². The number of rotatable bonds is 0. The van der Waals surface area contributed by atoms with Gasteiger partial charge in [0.05, 0.1) is 11.2 Å². The molecule has 0 aliphatic heterocycles. The maximum atomic E-state index is 4.35. The summed E-state index contributed by atoms with van der Waals surface area (Å²) in [4.78, 5) is 0. The summed E-state index contributed by atoms with van der Waals surface area (Å²) in [5.74, 6) is 0. The number of hydrogen-bond donors (Lipinski definition) is 0. The zero-order valence-electron chi connectivity index (χ0n) is 9.20. The summed E-state index contributed by atoms with van der Waals surface area (Å²) in [6.45, 7) is 6.04. The van der Waals surface area contributed by atoms with Gasteiger partial charge in [-0.1, -0.05) is 26.0 Å². The van der Waals surface area contributed by atoms with Crippen LogP contribution in [0.5, 0.6) is 0 Å². The van der Waals surface area contributed by atoms with Crippen LogP contribution in [0.15, 0.2) is 18.2 Å². The van der Waals surface area contributed by atoms with E-state index in [0.717, 1.165) is 5.69 Å². The van der Waals surface area contributed by atoms with E-state index in [1.807, 2.05) is 38.6 Å². The average Bonchev–Trinajstić information content (AvgIpc) is 2.47. The standard InChI is InChI=1S/C9H11N2P.C2H6/c1-6-9-7(11(2)10-6)4-3-5-8(9)12;1-2/h3-5H,12H2,1-2H3;1-2H3. The molecule has 0 bridgehead atoms. The van der Waals surface area contributed by atoms with Gasteiger partial charge in [0.25, 0.3) is 0 Å². The van der Waals surface area contributed by atoms with E-state index in [-0.39, 0.29) is 0 Å². The molecular weight excluding hydrogens is 191 g/mol. The first kappa shape index (κ1) is 11.2. The number of hydrogen-bond acceptors (Lipinski definition) is 1. The molecule has 2 aromatic rings. The van der Waals surface area contributed by atoms with Crippen molar-refractivity contribution >= 4 is 25.4 Å². The Kier molecular flexibility index (Phi) is 3.65. The van der Waals surface area contributed by atoms with Crippen LogP contribution in [-0.2, 0) is 7.05 Å². The summed E-state index contributed by atoms with van der Waals surface area (Å²) in [5.41, 5.74) is 2.29. The van der Waals surface area contributed by atoms with E-state index < -0.39 is 0 Å². The Morgan fingerprint density at radius 3 is 2.50 bits per heavy atom. The molecule has 3 heteroatoms. The fourth-order valence-electron chi connectivity index (χ4n) is 1.55. The molecule has 76 valence electrons. The lowest BCUT2D eigenvalue weighted by molar-refractivity contribution is 0.783. The van der Waals surface area contributed by atoms with E-state index in [2.05, 4.69) is 26.5 Å². The van der Waals surface area contributed by atoms with Crippen LogP contribution in [0.2, 0.25) is 0 Å². The van der Waals surface area contributed by atoms with Gasteiger partial charge in [-0.25, -0.2) is 0 Å². The second-order valence-corrected chi connectivity index (χ2v) is 3.57. The predicted octanol–water partition coefficient (Wildman–Crippen LogP) is 2.41. The van der Waals surface area contributed by atoms with Gasteiger partial charge in [0.2, 0.25) is 0 Å². The molecule has 1 aromatic heterocycles. The minimum atomic E-state index is 1.10. The van der Waals surface area contributed by atoms with Crippen molar-refractivity contribution in [1.82, 2.24) is 9.78 Å². The van der Waals surface area contributed by atoms with Crippen LogP contribution in [0.1, 0.15) is 19.5 Å². The SMILES string of the molecule is CC.Cc1nn(C)c2cccc(P)c12. The minimum Gasteiger partial charge on any atom is -0.268 e. The smallest absolute Gasteiger partial charge is 0.0688 e. The first-order chi connectivity index (χ1) is 6.70. The molecule has 0 saturated heterocycles. The highest BCUT2D eigenvalue weighted by Gasteiger charge is 2.05. The summed E-state index contributed by atoms with van der Waals surface area (Å²) < 4.78 is 1.91. The Morgan fingerprint density at radius 1 is 1.29 bits per heavy atom. The maximum absolute atomic E-state index is 4.35. The second kappa shape index (κ2) is 4.56. The van der Waals surface area contributed by atoms with Gasteiger partial charge in [-0.05, 0) is 18.3 Å². The Morgan fingerprint density at radius 2 is 1.93 bits per heavy atom. The van der Waals surface area contributed by atoms with Gasteiger partial charge in [0.15, 0.2) is 0 Å². The molecular formula is C11H17N2P. The molecule has 1 atom stereocenters. The highest BCUT2D eigenvalue weighted by Crippen LogP contribution is 2.16. The monoisotopic (exact) mass is 208 g/mol. The topological polar surface area (TPSA) is 17.8 Å². The Balaban J connectivity index is 0.000000461. The highest BCUT2D eigenvalue weighted by atomic mass is 31.0. The molecule has 0 fully saturated rings. The van der Waals surface area contributed by atoms with Gasteiger partial charge in [0.1, 0.15) is 0 Å². The van der Waals surface area contributed by atoms with E-state index in [4.69, 9.17) is 0 Å². The third kappa shape index (κ3) is 1.80. The number of benzene rings is 1. The zero-order valence-corrected chi connectivity index (χ0v) is 10.4. The first-order valence-corrected chi connectivity index (χ1v) is 5.45. The summed E-state index contributed by atoms with van der Waals surface area (Å²) >= 11 is 0. The van der Waals surface area contributed by atoms with Gasteiger partial charge < -0.3 is 0 Å². The number of aryl methyl sites for hydroxylation is 2. The minimum absolute atomic E-state index is 1.10. The second-order valence-electron chi connectivity index (χ2n) is 2.95. The van der Waals surface area contributed by atoms with Crippen LogP contribution in [-0.4, -0.2) is 9.78 Å². The molecule has 1 aromatic carbocycles. The van der Waals surface area contributed by atoms with Crippen molar-refractivity contribution in [3.8, 4) is 0 Å². The average molecular weight is 208 g/mol. The molecule has 1 unspecified atom stereocenters. The molecule has 0 N–H and O–H groups in total. The predicted molar refractivity (Wildman–Crippen MR) is 66.1 cm³/mol. The molecule has 0 spiro atoms. The summed E-state index contributed by atoms with van der Waals surface area (Å²) in [6, 6.07) is 6.22. The van der Waals surface area contributed by atoms with Crippen molar-refractivity contribution in [2.45, 2.75) is 20.8 Å². The van der Waals surface area contributed by atoms with E-state index in [1.54, 1.807) is 0 Å². The largest absolute Gasteiger partial charge is 0.268 e. The third-order valence-electron chi connectivity index (χ3n) is 2.09. The molecule has 0 aliphatic carbocycles. The normalized spacial score (nSPS) is 9.79. The van der Waals surface area contributed by atoms with Crippen molar-refractivity contribution in [3.05, 3.63) is 23.9 Å². The summed E-state index contributed by atoms with van der Waals surface area (Å²) in [6.07, 6.45) is 0. The van der Waals surface area contributed by atoms with Gasteiger partial charge >= 0.3 is 0 Å². The van der Waals surface area contributed by atoms with Crippen molar-refractivity contribution < 1.29 is 0 Å². The fourth-order valence-corrected chi connectivity index (χ4v) is 2.02. The molecule has 0 radical (unpaired) electrons. The molecule has 14 heavy (non-hydrogen) atoms. The third-order valence-corrected chi connectivity index (χ3v) is 2.57. The van der Waals surface area contributed by atoms with Gasteiger partial charge in [-0.2, -0.15) is 5.10 Å². The number of nitrogens with zero attached hydrogens (tertiary/aromatic N) is 2. The Hall–Kier alpha value is -0.880. The fraction of sp³-hybridized carbons (Fsp3) is 0.364. The van der Waals surface area contributed by atoms with Crippen LogP contribution in [0, 0.1) is 6.92 Å². The van der Waals surface area contributed by atoms with E-state index in [9.17, 15) is 0 Å². The first-order valence-electron chi connectivity index (χ1n) is 4.88. The van der Waals surface area contributed by atoms with Gasteiger partial charge in [0, 0.05) is 12.4 Å². The van der Waals surface area contributed by atoms with Crippen molar-refractivity contribution in [3.63, 3.8) is 0 Å². The molecule has 0 aliphatic rings. The summed E-state index contributed by atoms with van der Waals surface area (Å²) in [5, 5.41) is 6.83. The van der Waals surface area contributed by atoms with E-state index in [1.165, 1.54) is 16.2 Å². The highest BCUT2D eigenvalue weighted by molar-refractivity contribution is 7.28. The van der Waals surface area contributed by atoms with Gasteiger partial charge in [-0.3, -0.25) is 4.68 Å². The van der Waals surface area contributed by atoms with Gasteiger partial charge in [-0.15, -0.1) is 9.24 Å². The number of aromatic nitrogens is 2. The zero-order chi connectivity index (χ0) is 10.7. The number of fused-ring (bicyclic) bond motifs is 1. The quantitative estimate of drug-likeness (QED) is 0.608. The summed E-state index contributed by atoms with van der Waals surface area (Å²) in [7, 11) is 4.71. The lowest BCUT2D eigenvalue weighted by Gasteiger charge is -1.95. The molecule has 1 heterocycles. The molecule has 0 saturated carbocycles.